The quantitative estimate of drug-likeness (QED) is 0.309. The summed E-state index contributed by atoms with van der Waals surface area (Å²) in [5, 5.41) is 8.97. The highest BCUT2D eigenvalue weighted by molar-refractivity contribution is 14.0. The molecule has 7 heteroatoms. The lowest BCUT2D eigenvalue weighted by Crippen LogP contribution is -2.39. The van der Waals surface area contributed by atoms with Crippen LogP contribution in [-0.2, 0) is 17.8 Å². The number of nitrogens with zero attached hydrogens (tertiary/aromatic N) is 2. The summed E-state index contributed by atoms with van der Waals surface area (Å²) in [7, 11) is 0. The lowest BCUT2D eigenvalue weighted by atomic mass is 10.1. The lowest BCUT2D eigenvalue weighted by Gasteiger charge is -2.26. The second-order valence-corrected chi connectivity index (χ2v) is 8.18. The average Bonchev–Trinajstić information content (AvgIpc) is 3.26. The SMILES string of the molecule is CCNC(=NCc1cccc(CN2CCOCC2)c1)NCC(C)c1cccs1.I. The van der Waals surface area contributed by atoms with Crippen molar-refractivity contribution in [2.24, 2.45) is 4.99 Å². The van der Waals surface area contributed by atoms with E-state index in [0.717, 1.165) is 51.9 Å². The number of aliphatic imine (C=N–C) groups is 1. The van der Waals surface area contributed by atoms with Gasteiger partial charge in [0.05, 0.1) is 19.8 Å². The van der Waals surface area contributed by atoms with E-state index in [-0.39, 0.29) is 24.0 Å². The zero-order valence-electron chi connectivity index (χ0n) is 17.4. The van der Waals surface area contributed by atoms with Gasteiger partial charge < -0.3 is 15.4 Å². The van der Waals surface area contributed by atoms with Crippen LogP contribution in [0.15, 0.2) is 46.8 Å². The lowest BCUT2D eigenvalue weighted by molar-refractivity contribution is 0.0342. The molecule has 1 aromatic carbocycles. The standard InChI is InChI=1S/C22H32N4OS.HI/c1-3-23-22(24-15-18(2)21-8-5-13-28-21)25-16-19-6-4-7-20(14-19)17-26-9-11-27-12-10-26;/h4-8,13-14,18H,3,9-12,15-17H2,1-2H3,(H2,23,24,25);1H. The van der Waals surface area contributed by atoms with Gasteiger partial charge in [-0.1, -0.05) is 37.3 Å². The first-order chi connectivity index (χ1) is 13.7. The Hall–Kier alpha value is -1.16. The van der Waals surface area contributed by atoms with Crippen LogP contribution in [-0.4, -0.2) is 50.3 Å². The van der Waals surface area contributed by atoms with Crippen LogP contribution in [0.25, 0.3) is 0 Å². The van der Waals surface area contributed by atoms with Crippen molar-refractivity contribution < 1.29 is 4.74 Å². The molecule has 2 aromatic rings. The molecule has 2 N–H and O–H groups in total. The summed E-state index contributed by atoms with van der Waals surface area (Å²) in [6, 6.07) is 13.1. The molecule has 0 radical (unpaired) electrons. The molecule has 1 aromatic heterocycles. The van der Waals surface area contributed by atoms with Gasteiger partial charge in [0.25, 0.3) is 0 Å². The van der Waals surface area contributed by atoms with Gasteiger partial charge in [-0.25, -0.2) is 4.99 Å². The molecule has 0 amide bonds. The smallest absolute Gasteiger partial charge is 0.191 e. The average molecular weight is 529 g/mol. The maximum Gasteiger partial charge on any atom is 0.191 e. The molecule has 1 unspecified atom stereocenters. The largest absolute Gasteiger partial charge is 0.379 e. The van der Waals surface area contributed by atoms with Crippen molar-refractivity contribution >= 4 is 41.3 Å². The van der Waals surface area contributed by atoms with Crippen LogP contribution in [0.1, 0.15) is 35.8 Å². The van der Waals surface area contributed by atoms with Gasteiger partial charge in [-0.05, 0) is 29.5 Å². The van der Waals surface area contributed by atoms with Crippen LogP contribution in [0, 0.1) is 0 Å². The van der Waals surface area contributed by atoms with E-state index in [0.29, 0.717) is 12.5 Å². The fourth-order valence-electron chi connectivity index (χ4n) is 3.28. The van der Waals surface area contributed by atoms with E-state index in [1.165, 1.54) is 16.0 Å². The number of halogens is 1. The fraction of sp³-hybridized carbons (Fsp3) is 0.500. The van der Waals surface area contributed by atoms with Gasteiger partial charge in [0.15, 0.2) is 5.96 Å². The first kappa shape index (κ1) is 24.1. The summed E-state index contributed by atoms with van der Waals surface area (Å²) in [5.41, 5.74) is 2.59. The van der Waals surface area contributed by atoms with E-state index < -0.39 is 0 Å². The van der Waals surface area contributed by atoms with Crippen LogP contribution >= 0.6 is 35.3 Å². The minimum atomic E-state index is 0. The molecule has 29 heavy (non-hydrogen) atoms. The number of ether oxygens (including phenoxy) is 1. The maximum absolute atomic E-state index is 5.44. The molecule has 3 rings (SSSR count). The first-order valence-corrected chi connectivity index (χ1v) is 11.1. The normalized spacial score (nSPS) is 16.1. The second-order valence-electron chi connectivity index (χ2n) is 7.20. The predicted molar refractivity (Wildman–Crippen MR) is 134 cm³/mol. The minimum absolute atomic E-state index is 0. The molecular weight excluding hydrogens is 495 g/mol. The molecule has 160 valence electrons. The summed E-state index contributed by atoms with van der Waals surface area (Å²) in [6.45, 7) is 11.5. The Bertz CT molecular complexity index is 732. The van der Waals surface area contributed by atoms with Gasteiger partial charge in [-0.2, -0.15) is 0 Å². The maximum atomic E-state index is 5.44. The molecular formula is C22H33IN4OS. The van der Waals surface area contributed by atoms with Crippen LogP contribution < -0.4 is 10.6 Å². The molecule has 5 nitrogen and oxygen atoms in total. The molecule has 0 spiro atoms. The van der Waals surface area contributed by atoms with E-state index >= 15 is 0 Å². The molecule has 0 bridgehead atoms. The second kappa shape index (κ2) is 13.2. The van der Waals surface area contributed by atoms with E-state index in [1.807, 2.05) is 11.3 Å². The van der Waals surface area contributed by atoms with Crippen molar-refractivity contribution in [1.29, 1.82) is 0 Å². The van der Waals surface area contributed by atoms with Gasteiger partial charge in [-0.3, -0.25) is 4.90 Å². The molecule has 1 atom stereocenters. The molecule has 0 aliphatic carbocycles. The Balaban J connectivity index is 0.00000300. The minimum Gasteiger partial charge on any atom is -0.379 e. The monoisotopic (exact) mass is 528 g/mol. The molecule has 1 aliphatic rings. The Labute approximate surface area is 196 Å². The Morgan fingerprint density at radius 1 is 1.17 bits per heavy atom. The zero-order chi connectivity index (χ0) is 19.6. The molecule has 1 fully saturated rings. The van der Waals surface area contributed by atoms with Crippen molar-refractivity contribution in [3.63, 3.8) is 0 Å². The van der Waals surface area contributed by atoms with Crippen LogP contribution in [0.3, 0.4) is 0 Å². The Morgan fingerprint density at radius 2 is 1.97 bits per heavy atom. The number of nitrogens with one attached hydrogen (secondary N) is 2. The third-order valence-electron chi connectivity index (χ3n) is 4.87. The topological polar surface area (TPSA) is 48.9 Å². The van der Waals surface area contributed by atoms with E-state index in [1.54, 1.807) is 0 Å². The van der Waals surface area contributed by atoms with Gasteiger partial charge in [0, 0.05) is 43.5 Å². The van der Waals surface area contributed by atoms with E-state index in [2.05, 4.69) is 71.2 Å². The van der Waals surface area contributed by atoms with Crippen molar-refractivity contribution in [3.05, 3.63) is 57.8 Å². The number of hydrogen-bond donors (Lipinski definition) is 2. The third-order valence-corrected chi connectivity index (χ3v) is 5.97. The highest BCUT2D eigenvalue weighted by Gasteiger charge is 2.11. The molecule has 2 heterocycles. The number of guanidine groups is 1. The fourth-order valence-corrected chi connectivity index (χ4v) is 4.07. The van der Waals surface area contributed by atoms with Gasteiger partial charge >= 0.3 is 0 Å². The van der Waals surface area contributed by atoms with Crippen LogP contribution in [0.5, 0.6) is 0 Å². The summed E-state index contributed by atoms with van der Waals surface area (Å²) < 4.78 is 5.44. The Morgan fingerprint density at radius 3 is 2.69 bits per heavy atom. The van der Waals surface area contributed by atoms with Crippen molar-refractivity contribution in [3.8, 4) is 0 Å². The zero-order valence-corrected chi connectivity index (χ0v) is 20.5. The number of benzene rings is 1. The van der Waals surface area contributed by atoms with E-state index in [9.17, 15) is 0 Å². The summed E-state index contributed by atoms with van der Waals surface area (Å²) >= 11 is 1.81. The van der Waals surface area contributed by atoms with Gasteiger partial charge in [-0.15, -0.1) is 35.3 Å². The van der Waals surface area contributed by atoms with Gasteiger partial charge in [0.1, 0.15) is 0 Å². The molecule has 1 saturated heterocycles. The number of rotatable bonds is 8. The van der Waals surface area contributed by atoms with Gasteiger partial charge in [0.2, 0.25) is 0 Å². The highest BCUT2D eigenvalue weighted by atomic mass is 127. The Kier molecular flexibility index (Phi) is 11.0. The van der Waals surface area contributed by atoms with Crippen LogP contribution in [0.4, 0.5) is 0 Å². The third kappa shape index (κ3) is 8.24. The highest BCUT2D eigenvalue weighted by Crippen LogP contribution is 2.19. The summed E-state index contributed by atoms with van der Waals surface area (Å²) in [6.07, 6.45) is 0. The van der Waals surface area contributed by atoms with Crippen molar-refractivity contribution in [1.82, 2.24) is 15.5 Å². The van der Waals surface area contributed by atoms with Crippen molar-refractivity contribution in [2.75, 3.05) is 39.4 Å². The first-order valence-electron chi connectivity index (χ1n) is 10.2. The van der Waals surface area contributed by atoms with Crippen LogP contribution in [0.2, 0.25) is 0 Å². The molecule has 1 aliphatic heterocycles. The summed E-state index contributed by atoms with van der Waals surface area (Å²) in [4.78, 5) is 8.64. The molecule has 0 saturated carbocycles. The number of thiophene rings is 1. The number of morpholine rings is 1. The number of hydrogen-bond acceptors (Lipinski definition) is 4. The predicted octanol–water partition coefficient (Wildman–Crippen LogP) is 4.06. The van der Waals surface area contributed by atoms with E-state index in [4.69, 9.17) is 9.73 Å². The summed E-state index contributed by atoms with van der Waals surface area (Å²) in [5.74, 6) is 1.35. The van der Waals surface area contributed by atoms with Crippen molar-refractivity contribution in [2.45, 2.75) is 32.9 Å².